The van der Waals surface area contributed by atoms with Crippen LogP contribution in [0.4, 0.5) is 4.79 Å². The van der Waals surface area contributed by atoms with Crippen LogP contribution in [0.5, 0.6) is 0 Å². The van der Waals surface area contributed by atoms with Gasteiger partial charge >= 0.3 is 12.0 Å². The molecule has 0 aliphatic carbocycles. The minimum atomic E-state index is -0.684. The zero-order valence-electron chi connectivity index (χ0n) is 14.2. The lowest BCUT2D eigenvalue weighted by Crippen LogP contribution is -2.44. The number of hydrogen-bond donors (Lipinski definition) is 2. The molecule has 0 bridgehead atoms. The third kappa shape index (κ3) is 5.91. The molecule has 2 rings (SSSR count). The van der Waals surface area contributed by atoms with Crippen molar-refractivity contribution in [2.24, 2.45) is 0 Å². The summed E-state index contributed by atoms with van der Waals surface area (Å²) >= 11 is 0. The number of imide groups is 1. The molecule has 0 saturated carbocycles. The molecule has 0 saturated heterocycles. The summed E-state index contributed by atoms with van der Waals surface area (Å²) in [6.07, 6.45) is 1.04. The van der Waals surface area contributed by atoms with Crippen molar-refractivity contribution in [1.29, 1.82) is 0 Å². The Morgan fingerprint density at radius 2 is 2.04 bits per heavy atom. The van der Waals surface area contributed by atoms with Crippen LogP contribution in [0.1, 0.15) is 32.6 Å². The van der Waals surface area contributed by atoms with Crippen LogP contribution in [-0.4, -0.2) is 35.5 Å². The van der Waals surface area contributed by atoms with Crippen molar-refractivity contribution < 1.29 is 23.5 Å². The van der Waals surface area contributed by atoms with Gasteiger partial charge in [-0.2, -0.15) is 0 Å². The van der Waals surface area contributed by atoms with E-state index in [1.165, 1.54) is 0 Å². The third-order valence-electron chi connectivity index (χ3n) is 3.49. The number of oxazole rings is 1. The van der Waals surface area contributed by atoms with E-state index in [1.807, 2.05) is 32.0 Å². The molecule has 0 unspecified atom stereocenters. The highest BCUT2D eigenvalue weighted by molar-refractivity contribution is 5.95. The van der Waals surface area contributed by atoms with Gasteiger partial charge in [0.25, 0.3) is 5.91 Å². The Hall–Kier alpha value is -2.90. The molecule has 8 nitrogen and oxygen atoms in total. The Labute approximate surface area is 144 Å². The molecule has 0 fully saturated rings. The number of esters is 1. The van der Waals surface area contributed by atoms with E-state index in [-0.39, 0.29) is 18.9 Å². The maximum Gasteiger partial charge on any atom is 0.321 e. The Morgan fingerprint density at radius 1 is 1.28 bits per heavy atom. The third-order valence-corrected chi connectivity index (χ3v) is 3.49. The fourth-order valence-corrected chi connectivity index (χ4v) is 1.98. The first kappa shape index (κ1) is 18.4. The highest BCUT2D eigenvalue weighted by Crippen LogP contribution is 2.15. The molecule has 2 N–H and O–H groups in total. The number of para-hydroxylation sites is 2. The molecule has 0 spiro atoms. The van der Waals surface area contributed by atoms with Gasteiger partial charge in [-0.1, -0.05) is 19.1 Å². The maximum absolute atomic E-state index is 11.7. The summed E-state index contributed by atoms with van der Waals surface area (Å²) in [5, 5.41) is 4.67. The molecule has 8 heteroatoms. The van der Waals surface area contributed by atoms with Crippen molar-refractivity contribution in [3.05, 3.63) is 30.2 Å². The number of fused-ring (bicyclic) bond motifs is 1. The van der Waals surface area contributed by atoms with Gasteiger partial charge in [0.2, 0.25) is 0 Å². The summed E-state index contributed by atoms with van der Waals surface area (Å²) in [5.74, 6) is -0.828. The number of hydrogen-bond acceptors (Lipinski definition) is 6. The average molecular weight is 347 g/mol. The van der Waals surface area contributed by atoms with Gasteiger partial charge in [-0.25, -0.2) is 9.78 Å². The van der Waals surface area contributed by atoms with Crippen LogP contribution in [-0.2, 0) is 20.7 Å². The number of nitrogens with one attached hydrogen (secondary N) is 2. The normalized spacial score (nSPS) is 11.8. The number of aromatic nitrogens is 1. The molecule has 0 aliphatic heterocycles. The number of ether oxygens (including phenoxy) is 1. The van der Waals surface area contributed by atoms with Gasteiger partial charge in [-0.05, 0) is 25.5 Å². The molecule has 134 valence electrons. The van der Waals surface area contributed by atoms with Gasteiger partial charge in [0.15, 0.2) is 18.1 Å². The predicted molar refractivity (Wildman–Crippen MR) is 89.7 cm³/mol. The van der Waals surface area contributed by atoms with Crippen molar-refractivity contribution >= 4 is 29.0 Å². The maximum atomic E-state index is 11.7. The molecular formula is C17H21N3O5. The average Bonchev–Trinajstić information content (AvgIpc) is 3.00. The van der Waals surface area contributed by atoms with Gasteiger partial charge in [0.05, 0.1) is 6.42 Å². The summed E-state index contributed by atoms with van der Waals surface area (Å²) < 4.78 is 10.3. The molecule has 1 aromatic carbocycles. The summed E-state index contributed by atoms with van der Waals surface area (Å²) in [5.41, 5.74) is 1.37. The fourth-order valence-electron chi connectivity index (χ4n) is 1.98. The van der Waals surface area contributed by atoms with E-state index in [0.29, 0.717) is 11.5 Å². The van der Waals surface area contributed by atoms with E-state index in [2.05, 4.69) is 15.6 Å². The van der Waals surface area contributed by atoms with Crippen LogP contribution in [0.3, 0.4) is 0 Å². The molecule has 2 aromatic rings. The predicted octanol–water partition coefficient (Wildman–Crippen LogP) is 1.93. The monoisotopic (exact) mass is 347 g/mol. The smallest absolute Gasteiger partial charge is 0.321 e. The summed E-state index contributed by atoms with van der Waals surface area (Å²) in [4.78, 5) is 38.9. The second kappa shape index (κ2) is 8.81. The van der Waals surface area contributed by atoms with Gasteiger partial charge in [-0.15, -0.1) is 0 Å². The van der Waals surface area contributed by atoms with E-state index in [1.54, 1.807) is 6.07 Å². The summed E-state index contributed by atoms with van der Waals surface area (Å²) in [7, 11) is 0. The Balaban J connectivity index is 1.69. The second-order valence-corrected chi connectivity index (χ2v) is 5.57. The first-order valence-electron chi connectivity index (χ1n) is 8.08. The number of aryl methyl sites for hydroxylation is 1. The van der Waals surface area contributed by atoms with Crippen LogP contribution < -0.4 is 10.6 Å². The van der Waals surface area contributed by atoms with E-state index >= 15 is 0 Å². The fraction of sp³-hybridized carbons (Fsp3) is 0.412. The summed E-state index contributed by atoms with van der Waals surface area (Å²) in [6, 6.07) is 6.63. The van der Waals surface area contributed by atoms with Gasteiger partial charge in [0.1, 0.15) is 5.52 Å². The Bertz CT molecular complexity index is 723. The van der Waals surface area contributed by atoms with E-state index in [4.69, 9.17) is 9.15 Å². The van der Waals surface area contributed by atoms with Crippen LogP contribution in [0, 0.1) is 0 Å². The van der Waals surface area contributed by atoms with Gasteiger partial charge < -0.3 is 14.5 Å². The van der Waals surface area contributed by atoms with E-state index in [0.717, 1.165) is 11.9 Å². The molecule has 1 atom stereocenters. The number of urea groups is 1. The molecule has 3 amide bonds. The van der Waals surface area contributed by atoms with Crippen LogP contribution in [0.15, 0.2) is 28.7 Å². The lowest BCUT2D eigenvalue weighted by molar-refractivity contribution is -0.148. The van der Waals surface area contributed by atoms with Crippen molar-refractivity contribution in [3.8, 4) is 0 Å². The topological polar surface area (TPSA) is 111 Å². The number of amides is 3. The lowest BCUT2D eigenvalue weighted by atomic mass is 10.3. The molecule has 0 aliphatic rings. The van der Waals surface area contributed by atoms with Crippen molar-refractivity contribution in [1.82, 2.24) is 15.6 Å². The molecule has 25 heavy (non-hydrogen) atoms. The minimum absolute atomic E-state index is 0.0270. The van der Waals surface area contributed by atoms with Crippen molar-refractivity contribution in [2.75, 3.05) is 6.61 Å². The molecule has 1 aromatic heterocycles. The number of nitrogens with zero attached hydrogens (tertiary/aromatic N) is 1. The number of carbonyl (C=O) groups excluding carboxylic acids is 3. The van der Waals surface area contributed by atoms with Crippen LogP contribution in [0.25, 0.3) is 11.1 Å². The SMILES string of the molecule is CC[C@@H](C)NC(=O)NC(=O)COC(=O)CCc1nc2ccccc2o1. The quantitative estimate of drug-likeness (QED) is 0.741. The van der Waals surface area contributed by atoms with Crippen LogP contribution in [0.2, 0.25) is 0 Å². The minimum Gasteiger partial charge on any atom is -0.456 e. The lowest BCUT2D eigenvalue weighted by Gasteiger charge is -2.11. The largest absolute Gasteiger partial charge is 0.456 e. The molecule has 0 radical (unpaired) electrons. The highest BCUT2D eigenvalue weighted by atomic mass is 16.5. The first-order valence-corrected chi connectivity index (χ1v) is 8.08. The summed E-state index contributed by atoms with van der Waals surface area (Å²) in [6.45, 7) is 3.21. The Morgan fingerprint density at radius 3 is 2.76 bits per heavy atom. The standard InChI is InChI=1S/C17H21N3O5/c1-3-11(2)18-17(23)20-14(21)10-24-16(22)9-8-15-19-12-6-4-5-7-13(12)25-15/h4-7,11H,3,8-10H2,1-2H3,(H2,18,20,21,23)/t11-/m1/s1. The number of benzene rings is 1. The zero-order chi connectivity index (χ0) is 18.2. The van der Waals surface area contributed by atoms with Crippen molar-refractivity contribution in [2.45, 2.75) is 39.2 Å². The number of rotatable bonds is 7. The van der Waals surface area contributed by atoms with Gasteiger partial charge in [-0.3, -0.25) is 14.9 Å². The zero-order valence-corrected chi connectivity index (χ0v) is 14.2. The van der Waals surface area contributed by atoms with E-state index in [9.17, 15) is 14.4 Å². The number of carbonyl (C=O) groups is 3. The second-order valence-electron chi connectivity index (χ2n) is 5.57. The first-order chi connectivity index (χ1) is 12.0. The van der Waals surface area contributed by atoms with Gasteiger partial charge in [0, 0.05) is 12.5 Å². The Kier molecular flexibility index (Phi) is 6.50. The molecule has 1 heterocycles. The molecular weight excluding hydrogens is 326 g/mol. The highest BCUT2D eigenvalue weighted by Gasteiger charge is 2.13. The van der Waals surface area contributed by atoms with Crippen LogP contribution >= 0.6 is 0 Å². The van der Waals surface area contributed by atoms with Crippen molar-refractivity contribution in [3.63, 3.8) is 0 Å². The van der Waals surface area contributed by atoms with E-state index < -0.39 is 24.5 Å².